The van der Waals surface area contributed by atoms with Crippen LogP contribution in [0, 0.1) is 23.7 Å². The van der Waals surface area contributed by atoms with Gasteiger partial charge < -0.3 is 0 Å². The maximum Gasteiger partial charge on any atom is 0.136 e. The first kappa shape index (κ1) is 10.6. The van der Waals surface area contributed by atoms with Crippen LogP contribution in [-0.2, 0) is 4.79 Å². The molecule has 1 nitrogen and oxygen atoms in total. The second-order valence-corrected chi connectivity index (χ2v) is 5.91. The molecule has 88 valence electrons. The summed E-state index contributed by atoms with van der Waals surface area (Å²) in [5, 5.41) is 0. The standard InChI is InChI=1S/C15H22O/c16-14-10-2-1-5-11-6-3-7-12-8-4-9-13(14)15(11)12/h4,8,11-13,15H,1-3,5-7,9-10H2/t11-,12-,13-,15+/m0/s1. The average molecular weight is 218 g/mol. The zero-order chi connectivity index (χ0) is 11.0. The Morgan fingerprint density at radius 1 is 1.06 bits per heavy atom. The zero-order valence-electron chi connectivity index (χ0n) is 10.0. The van der Waals surface area contributed by atoms with E-state index in [1.165, 1.54) is 32.1 Å². The van der Waals surface area contributed by atoms with Crippen LogP contribution in [0.2, 0.25) is 0 Å². The molecule has 16 heavy (non-hydrogen) atoms. The Morgan fingerprint density at radius 3 is 2.88 bits per heavy atom. The van der Waals surface area contributed by atoms with E-state index in [2.05, 4.69) is 12.2 Å². The number of rotatable bonds is 0. The predicted octanol–water partition coefficient (Wildman–Crippen LogP) is 3.74. The van der Waals surface area contributed by atoms with Gasteiger partial charge in [0.2, 0.25) is 0 Å². The molecule has 0 spiro atoms. The van der Waals surface area contributed by atoms with Gasteiger partial charge in [0.25, 0.3) is 0 Å². The highest BCUT2D eigenvalue weighted by molar-refractivity contribution is 5.81. The number of hydrogen-bond donors (Lipinski definition) is 0. The Balaban J connectivity index is 1.90. The number of carbonyl (C=O) groups is 1. The summed E-state index contributed by atoms with van der Waals surface area (Å²) in [5.41, 5.74) is 0. The van der Waals surface area contributed by atoms with Crippen molar-refractivity contribution < 1.29 is 4.79 Å². The van der Waals surface area contributed by atoms with Gasteiger partial charge in [0.15, 0.2) is 0 Å². The van der Waals surface area contributed by atoms with Gasteiger partial charge in [-0.15, -0.1) is 0 Å². The molecular formula is C15H22O. The van der Waals surface area contributed by atoms with Gasteiger partial charge in [0.1, 0.15) is 5.78 Å². The van der Waals surface area contributed by atoms with Crippen LogP contribution in [0.25, 0.3) is 0 Å². The van der Waals surface area contributed by atoms with Gasteiger partial charge >= 0.3 is 0 Å². The highest BCUT2D eigenvalue weighted by Crippen LogP contribution is 2.47. The molecule has 0 amide bonds. The highest BCUT2D eigenvalue weighted by Gasteiger charge is 2.41. The second kappa shape index (κ2) is 4.35. The predicted molar refractivity (Wildman–Crippen MR) is 65.0 cm³/mol. The fourth-order valence-electron chi connectivity index (χ4n) is 4.33. The summed E-state index contributed by atoms with van der Waals surface area (Å²) in [6.07, 6.45) is 14.5. The molecule has 0 aliphatic heterocycles. The largest absolute Gasteiger partial charge is 0.299 e. The van der Waals surface area contributed by atoms with Gasteiger partial charge in [-0.25, -0.2) is 0 Å². The molecular weight excluding hydrogens is 196 g/mol. The van der Waals surface area contributed by atoms with Crippen LogP contribution in [0.3, 0.4) is 0 Å². The summed E-state index contributed by atoms with van der Waals surface area (Å²) in [5.74, 6) is 3.27. The molecule has 0 bridgehead atoms. The molecule has 2 fully saturated rings. The van der Waals surface area contributed by atoms with Crippen molar-refractivity contribution in [1.82, 2.24) is 0 Å². The van der Waals surface area contributed by atoms with Crippen LogP contribution in [0.1, 0.15) is 51.4 Å². The first-order valence-corrected chi connectivity index (χ1v) is 7.05. The molecule has 0 saturated heterocycles. The molecule has 3 rings (SSSR count). The maximum absolute atomic E-state index is 12.2. The lowest BCUT2D eigenvalue weighted by molar-refractivity contribution is -0.127. The molecule has 0 radical (unpaired) electrons. The Kier molecular flexibility index (Phi) is 2.87. The van der Waals surface area contributed by atoms with Crippen molar-refractivity contribution in [1.29, 1.82) is 0 Å². The molecule has 3 aliphatic rings. The Hall–Kier alpha value is -0.590. The van der Waals surface area contributed by atoms with E-state index in [4.69, 9.17) is 0 Å². The van der Waals surface area contributed by atoms with Crippen molar-refractivity contribution in [3.63, 3.8) is 0 Å². The molecule has 0 N–H and O–H groups in total. The number of allylic oxidation sites excluding steroid dienone is 2. The lowest BCUT2D eigenvalue weighted by atomic mass is 9.60. The minimum atomic E-state index is 0.389. The summed E-state index contributed by atoms with van der Waals surface area (Å²) < 4.78 is 0. The SMILES string of the molecule is O=C1CCCC[C@H]2CCC[C@H]3C=CC[C@@H]1[C@H]23. The smallest absolute Gasteiger partial charge is 0.136 e. The van der Waals surface area contributed by atoms with Crippen LogP contribution in [0.5, 0.6) is 0 Å². The topological polar surface area (TPSA) is 17.1 Å². The number of carbonyl (C=O) groups excluding carboxylic acids is 1. The number of Topliss-reactive ketones (excluding diaryl/α,β-unsaturated/α-hetero) is 1. The molecule has 2 saturated carbocycles. The van der Waals surface area contributed by atoms with Gasteiger partial charge in [-0.05, 0) is 37.0 Å². The van der Waals surface area contributed by atoms with Crippen molar-refractivity contribution in [2.45, 2.75) is 51.4 Å². The van der Waals surface area contributed by atoms with Crippen molar-refractivity contribution >= 4 is 5.78 Å². The first-order valence-electron chi connectivity index (χ1n) is 7.05. The average Bonchev–Trinajstić information content (AvgIpc) is 2.32. The van der Waals surface area contributed by atoms with Gasteiger partial charge in [0, 0.05) is 12.3 Å². The summed E-state index contributed by atoms with van der Waals surface area (Å²) in [4.78, 5) is 12.2. The summed E-state index contributed by atoms with van der Waals surface area (Å²) >= 11 is 0. The molecule has 3 aliphatic carbocycles. The maximum atomic E-state index is 12.2. The Morgan fingerprint density at radius 2 is 1.94 bits per heavy atom. The van der Waals surface area contributed by atoms with Crippen LogP contribution in [0.15, 0.2) is 12.2 Å². The lowest BCUT2D eigenvalue weighted by Gasteiger charge is -2.44. The number of ketones is 1. The minimum absolute atomic E-state index is 0.389. The van der Waals surface area contributed by atoms with Gasteiger partial charge in [0.05, 0.1) is 0 Å². The van der Waals surface area contributed by atoms with Crippen LogP contribution in [-0.4, -0.2) is 5.78 Å². The normalized spacial score (nSPS) is 43.4. The fraction of sp³-hybridized carbons (Fsp3) is 0.800. The third kappa shape index (κ3) is 1.74. The molecule has 0 heterocycles. The van der Waals surface area contributed by atoms with Crippen molar-refractivity contribution in [2.75, 3.05) is 0 Å². The Bertz CT molecular complexity index is 305. The van der Waals surface area contributed by atoms with E-state index in [-0.39, 0.29) is 0 Å². The van der Waals surface area contributed by atoms with E-state index >= 15 is 0 Å². The van der Waals surface area contributed by atoms with E-state index in [9.17, 15) is 4.79 Å². The lowest BCUT2D eigenvalue weighted by Crippen LogP contribution is -2.39. The molecule has 0 aromatic rings. The van der Waals surface area contributed by atoms with E-state index in [1.807, 2.05) is 0 Å². The molecule has 0 aromatic heterocycles. The van der Waals surface area contributed by atoms with E-state index in [0.717, 1.165) is 31.1 Å². The third-order valence-electron chi connectivity index (χ3n) is 5.05. The van der Waals surface area contributed by atoms with Crippen LogP contribution >= 0.6 is 0 Å². The monoisotopic (exact) mass is 218 g/mol. The summed E-state index contributed by atoms with van der Waals surface area (Å²) in [6, 6.07) is 0. The minimum Gasteiger partial charge on any atom is -0.299 e. The molecule has 4 atom stereocenters. The third-order valence-corrected chi connectivity index (χ3v) is 5.05. The second-order valence-electron chi connectivity index (χ2n) is 5.91. The van der Waals surface area contributed by atoms with Crippen molar-refractivity contribution in [3.8, 4) is 0 Å². The van der Waals surface area contributed by atoms with E-state index < -0.39 is 0 Å². The fourth-order valence-corrected chi connectivity index (χ4v) is 4.33. The van der Waals surface area contributed by atoms with Crippen molar-refractivity contribution in [3.05, 3.63) is 12.2 Å². The summed E-state index contributed by atoms with van der Waals surface area (Å²) in [7, 11) is 0. The van der Waals surface area contributed by atoms with Gasteiger partial charge in [-0.1, -0.05) is 37.8 Å². The highest BCUT2D eigenvalue weighted by atomic mass is 16.1. The van der Waals surface area contributed by atoms with Crippen molar-refractivity contribution in [2.24, 2.45) is 23.7 Å². The molecule has 1 heteroatoms. The quantitative estimate of drug-likeness (QED) is 0.566. The number of hydrogen-bond acceptors (Lipinski definition) is 1. The Labute approximate surface area is 98.3 Å². The first-order chi connectivity index (χ1) is 7.86. The van der Waals surface area contributed by atoms with E-state index in [0.29, 0.717) is 17.6 Å². The summed E-state index contributed by atoms with van der Waals surface area (Å²) in [6.45, 7) is 0. The van der Waals surface area contributed by atoms with Gasteiger partial charge in [-0.3, -0.25) is 4.79 Å². The van der Waals surface area contributed by atoms with Crippen LogP contribution in [0.4, 0.5) is 0 Å². The van der Waals surface area contributed by atoms with Gasteiger partial charge in [-0.2, -0.15) is 0 Å². The molecule has 0 aromatic carbocycles. The van der Waals surface area contributed by atoms with Crippen LogP contribution < -0.4 is 0 Å². The molecule has 0 unspecified atom stereocenters. The van der Waals surface area contributed by atoms with E-state index in [1.54, 1.807) is 0 Å². The zero-order valence-corrected chi connectivity index (χ0v) is 10.0.